The topological polar surface area (TPSA) is 157 Å². The number of rotatable bonds is 7. The van der Waals surface area contributed by atoms with Gasteiger partial charge in [-0.25, -0.2) is 0 Å². The Morgan fingerprint density at radius 2 is 1.80 bits per heavy atom. The van der Waals surface area contributed by atoms with E-state index in [1.807, 2.05) is 0 Å². The maximum absolute atomic E-state index is 11.8. The number of thioether (sulfide) groups is 1. The van der Waals surface area contributed by atoms with Crippen molar-refractivity contribution < 1.29 is 34.4 Å². The molecule has 144 valence electrons. The Labute approximate surface area is 149 Å². The fourth-order valence-corrected chi connectivity index (χ4v) is 3.68. The lowest BCUT2D eigenvalue weighted by Gasteiger charge is -2.42. The molecule has 0 unspecified atom stereocenters. The monoisotopic (exact) mass is 379 g/mol. The normalized spacial score (nSPS) is 30.2. The van der Waals surface area contributed by atoms with Gasteiger partial charge in [-0.2, -0.15) is 0 Å². The van der Waals surface area contributed by atoms with Gasteiger partial charge < -0.3 is 36.0 Å². The highest BCUT2D eigenvalue weighted by molar-refractivity contribution is 7.99. The maximum atomic E-state index is 11.8. The first-order valence-electron chi connectivity index (χ1n) is 7.71. The minimum Gasteiger partial charge on any atom is -0.394 e. The molecule has 0 radical (unpaired) electrons. The van der Waals surface area contributed by atoms with Gasteiger partial charge in [0.05, 0.1) is 12.6 Å². The smallest absolute Gasteiger partial charge is 0.243 e. The van der Waals surface area contributed by atoms with E-state index in [0.717, 1.165) is 11.8 Å². The minimum absolute atomic E-state index is 0.0982. The van der Waals surface area contributed by atoms with Crippen LogP contribution in [0.2, 0.25) is 0 Å². The molecule has 1 saturated heterocycles. The molecule has 25 heavy (non-hydrogen) atoms. The van der Waals surface area contributed by atoms with Crippen molar-refractivity contribution in [3.8, 4) is 0 Å². The molecular weight excluding hydrogens is 354 g/mol. The summed E-state index contributed by atoms with van der Waals surface area (Å²) in [6.07, 6.45) is -3.76. The van der Waals surface area contributed by atoms with Gasteiger partial charge in [-0.05, 0) is 0 Å². The summed E-state index contributed by atoms with van der Waals surface area (Å²) in [6, 6.07) is -1.78. The summed E-state index contributed by atoms with van der Waals surface area (Å²) < 4.78 is 5.54. The molecule has 11 heteroatoms. The van der Waals surface area contributed by atoms with Gasteiger partial charge in [0.25, 0.3) is 0 Å². The van der Waals surface area contributed by atoms with Crippen LogP contribution in [0.3, 0.4) is 0 Å². The lowest BCUT2D eigenvalue weighted by Crippen LogP contribution is -2.63. The van der Waals surface area contributed by atoms with E-state index in [4.69, 9.17) is 4.74 Å². The van der Waals surface area contributed by atoms with Crippen LogP contribution in [0.15, 0.2) is 0 Å². The van der Waals surface area contributed by atoms with Crippen molar-refractivity contribution in [1.82, 2.24) is 16.0 Å². The molecule has 1 rings (SSSR count). The van der Waals surface area contributed by atoms with E-state index >= 15 is 0 Å². The van der Waals surface area contributed by atoms with Crippen LogP contribution >= 0.6 is 11.8 Å². The van der Waals surface area contributed by atoms with Crippen molar-refractivity contribution in [2.45, 2.75) is 49.7 Å². The average Bonchev–Trinajstić information content (AvgIpc) is 2.55. The summed E-state index contributed by atoms with van der Waals surface area (Å²) in [5, 5.41) is 36.9. The predicted molar refractivity (Wildman–Crippen MR) is 89.5 cm³/mol. The molecule has 0 aliphatic carbocycles. The van der Waals surface area contributed by atoms with E-state index in [9.17, 15) is 29.7 Å². The number of hydrogen-bond donors (Lipinski definition) is 6. The maximum Gasteiger partial charge on any atom is 0.243 e. The molecule has 1 aliphatic heterocycles. The number of aliphatic hydroxyl groups is 3. The van der Waals surface area contributed by atoms with E-state index < -0.39 is 54.3 Å². The number of ether oxygens (including phenoxy) is 1. The number of hydrogen-bond acceptors (Lipinski definition) is 8. The number of carbonyl (C=O) groups excluding carboxylic acids is 3. The Balaban J connectivity index is 2.86. The van der Waals surface area contributed by atoms with Crippen molar-refractivity contribution >= 4 is 29.5 Å². The Morgan fingerprint density at radius 1 is 1.16 bits per heavy atom. The standard InChI is InChI=1S/C14H25N3O7S/c1-6(19)16-8(13(23)15-3)5-25-14-10(17-7(2)20)12(22)11(21)9(4-18)24-14/h8-12,14,18,21-22H,4-5H2,1-3H3,(H,15,23)(H,16,19)(H,17,20)/t8-,9+,10+,11-,12+,14+/m0/s1. The first-order valence-corrected chi connectivity index (χ1v) is 8.76. The van der Waals surface area contributed by atoms with Gasteiger partial charge in [0.2, 0.25) is 17.7 Å². The Morgan fingerprint density at radius 3 is 2.28 bits per heavy atom. The van der Waals surface area contributed by atoms with Crippen molar-refractivity contribution in [3.05, 3.63) is 0 Å². The molecule has 1 heterocycles. The minimum atomic E-state index is -1.37. The highest BCUT2D eigenvalue weighted by Crippen LogP contribution is 2.29. The quantitative estimate of drug-likeness (QED) is 0.272. The molecule has 10 nitrogen and oxygen atoms in total. The van der Waals surface area contributed by atoms with E-state index in [0.29, 0.717) is 0 Å². The summed E-state index contributed by atoms with van der Waals surface area (Å²) in [5.41, 5.74) is -0.833. The largest absolute Gasteiger partial charge is 0.394 e. The molecule has 1 aliphatic rings. The zero-order chi connectivity index (χ0) is 19.1. The van der Waals surface area contributed by atoms with Gasteiger partial charge in [0.15, 0.2) is 0 Å². The first-order chi connectivity index (χ1) is 11.7. The van der Waals surface area contributed by atoms with E-state index in [1.165, 1.54) is 20.9 Å². The highest BCUT2D eigenvalue weighted by Gasteiger charge is 2.45. The van der Waals surface area contributed by atoms with Crippen LogP contribution in [0.1, 0.15) is 13.8 Å². The molecule has 0 bridgehead atoms. The van der Waals surface area contributed by atoms with Crippen molar-refractivity contribution in [3.63, 3.8) is 0 Å². The third kappa shape index (κ3) is 6.12. The Kier molecular flexibility index (Phi) is 8.59. The Bertz CT molecular complexity index is 493. The van der Waals surface area contributed by atoms with Gasteiger partial charge in [0, 0.05) is 26.6 Å². The molecule has 3 amide bonds. The van der Waals surface area contributed by atoms with Crippen molar-refractivity contribution in [2.24, 2.45) is 0 Å². The fourth-order valence-electron chi connectivity index (χ4n) is 2.41. The SMILES string of the molecule is CNC(=O)[C@H](CS[C@H]1O[C@H](CO)[C@H](O)[C@H](O)[C@H]1NC(C)=O)NC(C)=O. The predicted octanol–water partition coefficient (Wildman–Crippen LogP) is -3.09. The lowest BCUT2D eigenvalue weighted by molar-refractivity contribution is -0.173. The number of carbonyl (C=O) groups is 3. The Hall–Kier alpha value is -1.40. The van der Waals surface area contributed by atoms with Gasteiger partial charge in [0.1, 0.15) is 29.8 Å². The highest BCUT2D eigenvalue weighted by atomic mass is 32.2. The molecule has 1 fully saturated rings. The molecule has 0 aromatic rings. The van der Waals surface area contributed by atoms with E-state index in [-0.39, 0.29) is 11.7 Å². The summed E-state index contributed by atoms with van der Waals surface area (Å²) in [5.74, 6) is -1.13. The summed E-state index contributed by atoms with van der Waals surface area (Å²) in [6.45, 7) is 2.01. The lowest BCUT2D eigenvalue weighted by atomic mass is 9.98. The van der Waals surface area contributed by atoms with Gasteiger partial charge in [-0.15, -0.1) is 11.8 Å². The molecule has 0 aromatic heterocycles. The number of likely N-dealkylation sites (N-methyl/N-ethyl adjacent to an activating group) is 1. The van der Waals surface area contributed by atoms with Crippen LogP contribution in [-0.4, -0.2) is 88.3 Å². The number of amides is 3. The second-order valence-corrected chi connectivity index (χ2v) is 6.76. The molecule has 0 aromatic carbocycles. The molecule has 6 N–H and O–H groups in total. The van der Waals surface area contributed by atoms with Gasteiger partial charge >= 0.3 is 0 Å². The van der Waals surface area contributed by atoms with Crippen LogP contribution in [-0.2, 0) is 19.1 Å². The average molecular weight is 379 g/mol. The van der Waals surface area contributed by atoms with Crippen LogP contribution in [0.5, 0.6) is 0 Å². The molecular formula is C14H25N3O7S. The van der Waals surface area contributed by atoms with Crippen molar-refractivity contribution in [1.29, 1.82) is 0 Å². The summed E-state index contributed by atoms with van der Waals surface area (Å²) in [7, 11) is 1.43. The zero-order valence-corrected chi connectivity index (χ0v) is 15.1. The van der Waals surface area contributed by atoms with Crippen LogP contribution < -0.4 is 16.0 Å². The second kappa shape index (κ2) is 9.92. The van der Waals surface area contributed by atoms with Gasteiger partial charge in [-0.1, -0.05) is 0 Å². The molecule has 6 atom stereocenters. The van der Waals surface area contributed by atoms with Crippen LogP contribution in [0.25, 0.3) is 0 Å². The number of aliphatic hydroxyl groups excluding tert-OH is 3. The van der Waals surface area contributed by atoms with Crippen molar-refractivity contribution in [2.75, 3.05) is 19.4 Å². The summed E-state index contributed by atoms with van der Waals surface area (Å²) in [4.78, 5) is 34.4. The summed E-state index contributed by atoms with van der Waals surface area (Å²) >= 11 is 1.07. The van der Waals surface area contributed by atoms with Crippen LogP contribution in [0, 0.1) is 0 Å². The zero-order valence-electron chi connectivity index (χ0n) is 14.3. The second-order valence-electron chi connectivity index (χ2n) is 5.63. The number of nitrogens with one attached hydrogen (secondary N) is 3. The molecule has 0 spiro atoms. The van der Waals surface area contributed by atoms with E-state index in [2.05, 4.69) is 16.0 Å². The van der Waals surface area contributed by atoms with Gasteiger partial charge in [-0.3, -0.25) is 14.4 Å². The third-order valence-corrected chi connectivity index (χ3v) is 4.88. The first kappa shape index (κ1) is 21.6. The third-order valence-electron chi connectivity index (χ3n) is 3.62. The fraction of sp³-hybridized carbons (Fsp3) is 0.786. The molecule has 0 saturated carbocycles. The van der Waals surface area contributed by atoms with Crippen LogP contribution in [0.4, 0.5) is 0 Å². The van der Waals surface area contributed by atoms with E-state index in [1.54, 1.807) is 0 Å².